The molecule has 2 aromatic carbocycles. The third kappa shape index (κ3) is 7.07. The van der Waals surface area contributed by atoms with E-state index in [-0.39, 0.29) is 17.2 Å². The van der Waals surface area contributed by atoms with Crippen molar-refractivity contribution in [3.8, 4) is 0 Å². The lowest BCUT2D eigenvalue weighted by molar-refractivity contribution is -0.113. The molecule has 0 aliphatic carbocycles. The summed E-state index contributed by atoms with van der Waals surface area (Å²) in [6.07, 6.45) is 0. The molecule has 0 heterocycles. The van der Waals surface area contributed by atoms with Crippen LogP contribution in [0.2, 0.25) is 10.0 Å². The van der Waals surface area contributed by atoms with E-state index < -0.39 is 5.91 Å². The zero-order chi connectivity index (χ0) is 19.4. The predicted molar refractivity (Wildman–Crippen MR) is 108 cm³/mol. The number of hydrogen-bond acceptors (Lipinski definition) is 2. The summed E-state index contributed by atoms with van der Waals surface area (Å²) in [7, 11) is 0. The van der Waals surface area contributed by atoms with Crippen molar-refractivity contribution >= 4 is 52.2 Å². The Hall–Kier alpha value is -1.55. The van der Waals surface area contributed by atoms with E-state index in [2.05, 4.69) is 5.32 Å². The van der Waals surface area contributed by atoms with E-state index in [1.165, 1.54) is 6.07 Å². The number of rotatable bonds is 4. The Morgan fingerprint density at radius 2 is 1.52 bits per heavy atom. The van der Waals surface area contributed by atoms with Crippen molar-refractivity contribution in [1.29, 1.82) is 0 Å². The van der Waals surface area contributed by atoms with Gasteiger partial charge >= 0.3 is 0 Å². The van der Waals surface area contributed by atoms with Crippen molar-refractivity contribution < 1.29 is 9.59 Å². The first-order valence-electron chi connectivity index (χ1n) is 7.97. The molecule has 2 aromatic rings. The highest BCUT2D eigenvalue weighted by atomic mass is 35.5. The van der Waals surface area contributed by atoms with Gasteiger partial charge in [-0.2, -0.15) is 0 Å². The maximum atomic E-state index is 12.6. The van der Waals surface area contributed by atoms with Crippen LogP contribution < -0.4 is 5.32 Å². The zero-order valence-electron chi connectivity index (χ0n) is 14.7. The molecule has 0 unspecified atom stereocenters. The predicted octanol–water partition coefficient (Wildman–Crippen LogP) is 6.45. The summed E-state index contributed by atoms with van der Waals surface area (Å²) in [5.41, 5.74) is 0.937. The second-order valence-electron chi connectivity index (χ2n) is 4.18. The van der Waals surface area contributed by atoms with Gasteiger partial charge in [0, 0.05) is 16.1 Å². The standard InChI is InChI=1S/C15H10Cl3NO2.2C2H6/c16-8-14(20)19-13-6-5-9(17)7-11(13)15(21)10-3-1-2-4-12(10)18;2*1-2/h1-7H,8H2,(H,19,20);2*1-2H3. The van der Waals surface area contributed by atoms with Crippen molar-refractivity contribution in [3.63, 3.8) is 0 Å². The van der Waals surface area contributed by atoms with Crippen LogP contribution in [0.15, 0.2) is 42.5 Å². The number of carbonyl (C=O) groups excluding carboxylic acids is 2. The van der Waals surface area contributed by atoms with Gasteiger partial charge in [-0.3, -0.25) is 9.59 Å². The fraction of sp³-hybridized carbons (Fsp3) is 0.263. The van der Waals surface area contributed by atoms with Crippen molar-refractivity contribution in [2.75, 3.05) is 11.2 Å². The van der Waals surface area contributed by atoms with Gasteiger partial charge in [-0.1, -0.05) is 63.0 Å². The van der Waals surface area contributed by atoms with Crippen LogP contribution in [-0.2, 0) is 4.79 Å². The van der Waals surface area contributed by atoms with E-state index in [1.807, 2.05) is 27.7 Å². The van der Waals surface area contributed by atoms with Crippen molar-refractivity contribution in [3.05, 3.63) is 63.6 Å². The van der Waals surface area contributed by atoms with E-state index in [0.717, 1.165) is 0 Å². The van der Waals surface area contributed by atoms with E-state index in [9.17, 15) is 9.59 Å². The van der Waals surface area contributed by atoms with E-state index in [4.69, 9.17) is 34.8 Å². The number of halogens is 3. The molecule has 0 saturated carbocycles. The Bertz CT molecular complexity index is 703. The van der Waals surface area contributed by atoms with Crippen LogP contribution in [-0.4, -0.2) is 17.6 Å². The molecule has 0 aromatic heterocycles. The fourth-order valence-electron chi connectivity index (χ4n) is 1.79. The molecule has 0 aliphatic rings. The zero-order valence-corrected chi connectivity index (χ0v) is 17.0. The van der Waals surface area contributed by atoms with Gasteiger partial charge < -0.3 is 5.32 Å². The average molecular weight is 403 g/mol. The van der Waals surface area contributed by atoms with Gasteiger partial charge in [0.05, 0.1) is 10.7 Å². The summed E-state index contributed by atoms with van der Waals surface area (Å²) in [5.74, 6) is -0.942. The maximum Gasteiger partial charge on any atom is 0.239 e. The number of hydrogen-bond donors (Lipinski definition) is 1. The van der Waals surface area contributed by atoms with Gasteiger partial charge in [0.15, 0.2) is 5.78 Å². The van der Waals surface area contributed by atoms with Crippen molar-refractivity contribution in [1.82, 2.24) is 0 Å². The quantitative estimate of drug-likeness (QED) is 0.471. The summed E-state index contributed by atoms with van der Waals surface area (Å²) in [6, 6.07) is 11.3. The number of benzene rings is 2. The molecule has 0 fully saturated rings. The SMILES string of the molecule is CC.CC.O=C(CCl)Nc1ccc(Cl)cc1C(=O)c1ccccc1Cl. The van der Waals surface area contributed by atoms with E-state index in [1.54, 1.807) is 36.4 Å². The largest absolute Gasteiger partial charge is 0.324 e. The average Bonchev–Trinajstić information content (AvgIpc) is 2.66. The van der Waals surface area contributed by atoms with E-state index in [0.29, 0.717) is 21.3 Å². The Morgan fingerprint density at radius 3 is 2.08 bits per heavy atom. The molecular formula is C19H22Cl3NO2. The summed E-state index contributed by atoms with van der Waals surface area (Å²) in [5, 5.41) is 3.28. The van der Waals surface area contributed by atoms with Crippen LogP contribution in [0.25, 0.3) is 0 Å². The van der Waals surface area contributed by atoms with Crippen LogP contribution in [0, 0.1) is 0 Å². The van der Waals surface area contributed by atoms with Crippen LogP contribution in [0.4, 0.5) is 5.69 Å². The molecule has 1 amide bonds. The molecule has 0 atom stereocenters. The molecule has 0 spiro atoms. The van der Waals surface area contributed by atoms with Crippen LogP contribution in [0.3, 0.4) is 0 Å². The first kappa shape index (κ1) is 23.4. The summed E-state index contributed by atoms with van der Waals surface area (Å²) >= 11 is 17.4. The Kier molecular flexibility index (Phi) is 12.0. The molecule has 6 heteroatoms. The number of carbonyl (C=O) groups is 2. The number of alkyl halides is 1. The first-order chi connectivity index (χ1) is 12.0. The highest BCUT2D eigenvalue weighted by Gasteiger charge is 2.17. The lowest BCUT2D eigenvalue weighted by atomic mass is 10.0. The van der Waals surface area contributed by atoms with E-state index >= 15 is 0 Å². The monoisotopic (exact) mass is 401 g/mol. The summed E-state index contributed by atoms with van der Waals surface area (Å²) < 4.78 is 0. The minimum Gasteiger partial charge on any atom is -0.324 e. The molecular weight excluding hydrogens is 381 g/mol. The molecule has 1 N–H and O–H groups in total. The number of anilines is 1. The minimum absolute atomic E-state index is 0.206. The maximum absolute atomic E-state index is 12.6. The van der Waals surface area contributed by atoms with Crippen molar-refractivity contribution in [2.45, 2.75) is 27.7 Å². The van der Waals surface area contributed by atoms with Gasteiger partial charge in [0.25, 0.3) is 0 Å². The Morgan fingerprint density at radius 1 is 0.920 bits per heavy atom. The molecule has 3 nitrogen and oxygen atoms in total. The van der Waals surface area contributed by atoms with Gasteiger partial charge in [0.2, 0.25) is 5.91 Å². The Labute approximate surface area is 164 Å². The third-order valence-corrected chi connectivity index (χ3v) is 3.55. The molecule has 25 heavy (non-hydrogen) atoms. The normalized spacial score (nSPS) is 9.08. The van der Waals surface area contributed by atoms with Gasteiger partial charge in [0.1, 0.15) is 5.88 Å². The van der Waals surface area contributed by atoms with Gasteiger partial charge in [-0.05, 0) is 30.3 Å². The second-order valence-corrected chi connectivity index (χ2v) is 5.29. The number of ketones is 1. The smallest absolute Gasteiger partial charge is 0.239 e. The lowest BCUT2D eigenvalue weighted by Gasteiger charge is -2.11. The molecule has 0 aliphatic heterocycles. The topological polar surface area (TPSA) is 46.2 Å². The highest BCUT2D eigenvalue weighted by Crippen LogP contribution is 2.26. The highest BCUT2D eigenvalue weighted by molar-refractivity contribution is 6.36. The van der Waals surface area contributed by atoms with Crippen molar-refractivity contribution in [2.24, 2.45) is 0 Å². The van der Waals surface area contributed by atoms with Gasteiger partial charge in [-0.25, -0.2) is 0 Å². The van der Waals surface area contributed by atoms with Crippen LogP contribution >= 0.6 is 34.8 Å². The Balaban J connectivity index is 0.00000134. The molecule has 0 radical (unpaired) electrons. The summed E-state index contributed by atoms with van der Waals surface area (Å²) in [4.78, 5) is 24.0. The second kappa shape index (κ2) is 12.8. The summed E-state index contributed by atoms with van der Waals surface area (Å²) in [6.45, 7) is 8.00. The molecule has 0 saturated heterocycles. The van der Waals surface area contributed by atoms with Crippen LogP contribution in [0.5, 0.6) is 0 Å². The fourth-order valence-corrected chi connectivity index (χ4v) is 2.25. The first-order valence-corrected chi connectivity index (χ1v) is 9.26. The molecule has 0 bridgehead atoms. The third-order valence-electron chi connectivity index (χ3n) is 2.74. The molecule has 2 rings (SSSR count). The molecule has 136 valence electrons. The minimum atomic E-state index is -0.410. The van der Waals surface area contributed by atoms with Gasteiger partial charge in [-0.15, -0.1) is 11.6 Å². The lowest BCUT2D eigenvalue weighted by Crippen LogP contribution is -2.16. The number of nitrogens with one attached hydrogen (secondary N) is 1. The van der Waals surface area contributed by atoms with Crippen LogP contribution in [0.1, 0.15) is 43.6 Å². The number of amides is 1.